The van der Waals surface area contributed by atoms with Crippen LogP contribution < -0.4 is 6.15 Å². The molecule has 2 nitrogen and oxygen atoms in total. The Balaban J connectivity index is -0.000000245. The third kappa shape index (κ3) is 12.3. The van der Waals surface area contributed by atoms with Crippen LogP contribution in [0.25, 0.3) is 0 Å². The zero-order chi connectivity index (χ0) is 11.1. The molecule has 110 valence electrons. The van der Waals surface area contributed by atoms with Crippen molar-refractivity contribution in [2.75, 3.05) is 21.1 Å². The Morgan fingerprint density at radius 2 is 1.22 bits per heavy atom. The van der Waals surface area contributed by atoms with E-state index in [1.54, 1.807) is 0 Å². The number of hydrogen-bond donors (Lipinski definition) is 1. The number of halogens is 1. The summed E-state index contributed by atoms with van der Waals surface area (Å²) < 4.78 is 1.00. The second kappa shape index (κ2) is 11.9. The molecule has 0 aromatic heterocycles. The van der Waals surface area contributed by atoms with E-state index in [4.69, 9.17) is 0 Å². The molecule has 0 radical (unpaired) electrons. The Labute approximate surface area is 139 Å². The van der Waals surface area contributed by atoms with Gasteiger partial charge in [-0.1, -0.05) is 0 Å². The largest absolute Gasteiger partial charge is 0.748 e. The first kappa shape index (κ1) is 23.0. The summed E-state index contributed by atoms with van der Waals surface area (Å²) in [6.45, 7) is 1.12. The van der Waals surface area contributed by atoms with E-state index in [2.05, 4.69) is 45.4 Å². The van der Waals surface area contributed by atoms with Gasteiger partial charge >= 0.3 is 0 Å². The summed E-state index contributed by atoms with van der Waals surface area (Å²) >= 11 is 0. The normalized spacial score (nSPS) is 8.83. The van der Waals surface area contributed by atoms with Crippen molar-refractivity contribution in [2.24, 2.45) is 0 Å². The first-order chi connectivity index (χ1) is 7.08. The summed E-state index contributed by atoms with van der Waals surface area (Å²) in [5, 5.41) is 0. The summed E-state index contributed by atoms with van der Waals surface area (Å²) in [6, 6.07) is 18.5. The van der Waals surface area contributed by atoms with Crippen molar-refractivity contribution in [3.8, 4) is 0 Å². The number of nitrogens with zero attached hydrogens (tertiary/aromatic N) is 1. The molecule has 0 spiro atoms. The Kier molecular flexibility index (Phi) is 15.2. The van der Waals surface area contributed by atoms with Crippen LogP contribution in [0.1, 0.15) is 5.56 Å². The summed E-state index contributed by atoms with van der Waals surface area (Å²) in [5.74, 6) is 0. The Bertz CT molecular complexity index is 319. The Morgan fingerprint density at radius 3 is 1.50 bits per heavy atom. The van der Waals surface area contributed by atoms with Crippen LogP contribution in [0.2, 0.25) is 0 Å². The molecule has 0 fully saturated rings. The van der Waals surface area contributed by atoms with Gasteiger partial charge in [0.25, 0.3) is 0 Å². The standard InChI is InChI=1S/C9H15N.C5H5.Fe.HI.H3N/c1-10(2,3)8-9-6-4-5-7-9;1-2-4-5-3-1;;;/h4-7H,8H2,1-3H3;1-5H;;1H;1H3/q;-5;;;. The van der Waals surface area contributed by atoms with Gasteiger partial charge in [-0.2, -0.15) is 12.1 Å². The topological polar surface area (TPSA) is 35.0 Å². The van der Waals surface area contributed by atoms with Gasteiger partial charge < -0.3 is 41.0 Å². The first-order valence-electron chi connectivity index (χ1n) is 5.26. The van der Waals surface area contributed by atoms with Crippen molar-refractivity contribution >= 4 is 24.0 Å². The SMILES string of the molecule is C[N+](C)(C)C[c-]1cccc1.I.N.[Fe].[cH-]1[cH-][cH-][cH-][cH-]1. The van der Waals surface area contributed by atoms with E-state index in [1.165, 1.54) is 5.56 Å². The van der Waals surface area contributed by atoms with Crippen LogP contribution in [0.4, 0.5) is 0 Å². The molecule has 0 heterocycles. The molecular formula is C14H24FeIN2-5. The average molecular weight is 403 g/mol. The van der Waals surface area contributed by atoms with Gasteiger partial charge in [-0.3, -0.25) is 0 Å². The van der Waals surface area contributed by atoms with E-state index < -0.39 is 0 Å². The molecule has 0 bridgehead atoms. The van der Waals surface area contributed by atoms with Gasteiger partial charge in [0.1, 0.15) is 0 Å². The van der Waals surface area contributed by atoms with Crippen molar-refractivity contribution in [1.82, 2.24) is 6.15 Å². The van der Waals surface area contributed by atoms with Crippen LogP contribution in [-0.2, 0) is 23.6 Å². The van der Waals surface area contributed by atoms with Crippen molar-refractivity contribution in [1.29, 1.82) is 0 Å². The number of hydrogen-bond acceptors (Lipinski definition) is 1. The monoisotopic (exact) mass is 403 g/mol. The maximum Gasteiger partial charge on any atom is 0.0671 e. The van der Waals surface area contributed by atoms with Crippen LogP contribution in [0.15, 0.2) is 54.6 Å². The average Bonchev–Trinajstić information content (AvgIpc) is 2.71. The number of rotatable bonds is 2. The van der Waals surface area contributed by atoms with Gasteiger partial charge in [0, 0.05) is 17.1 Å². The molecule has 0 aliphatic heterocycles. The molecule has 2 aromatic rings. The smallest absolute Gasteiger partial charge is 0.0671 e. The maximum absolute atomic E-state index is 2.20. The Hall–Kier alpha value is -0.131. The predicted molar refractivity (Wildman–Crippen MR) is 86.2 cm³/mol. The molecule has 0 saturated carbocycles. The molecule has 2 rings (SSSR count). The minimum atomic E-state index is 0. The van der Waals surface area contributed by atoms with Gasteiger partial charge in [0.15, 0.2) is 0 Å². The second-order valence-corrected chi connectivity index (χ2v) is 4.70. The van der Waals surface area contributed by atoms with Gasteiger partial charge in [0.05, 0.1) is 27.7 Å². The van der Waals surface area contributed by atoms with E-state index in [-0.39, 0.29) is 47.2 Å². The summed E-state index contributed by atoms with van der Waals surface area (Å²) in [5.41, 5.74) is 1.42. The number of quaternary nitrogens is 1. The van der Waals surface area contributed by atoms with Crippen molar-refractivity contribution < 1.29 is 21.6 Å². The summed E-state index contributed by atoms with van der Waals surface area (Å²) in [4.78, 5) is 0. The van der Waals surface area contributed by atoms with E-state index in [0.29, 0.717) is 0 Å². The fourth-order valence-electron chi connectivity index (χ4n) is 1.39. The summed E-state index contributed by atoms with van der Waals surface area (Å²) in [6.07, 6.45) is 0. The van der Waals surface area contributed by atoms with Crippen LogP contribution >= 0.6 is 24.0 Å². The summed E-state index contributed by atoms with van der Waals surface area (Å²) in [7, 11) is 6.60. The molecule has 0 atom stereocenters. The second-order valence-electron chi connectivity index (χ2n) is 4.70. The molecule has 0 amide bonds. The fraction of sp³-hybridized carbons (Fsp3) is 0.286. The fourth-order valence-corrected chi connectivity index (χ4v) is 1.39. The van der Waals surface area contributed by atoms with Crippen molar-refractivity contribution in [3.63, 3.8) is 0 Å². The first-order valence-corrected chi connectivity index (χ1v) is 5.26. The van der Waals surface area contributed by atoms with E-state index in [9.17, 15) is 0 Å². The molecule has 0 aliphatic carbocycles. The van der Waals surface area contributed by atoms with Crippen LogP contribution in [-0.4, -0.2) is 25.6 Å². The third-order valence-electron chi connectivity index (χ3n) is 1.94. The van der Waals surface area contributed by atoms with Crippen molar-refractivity contribution in [3.05, 3.63) is 60.2 Å². The van der Waals surface area contributed by atoms with E-state index in [1.807, 2.05) is 30.3 Å². The van der Waals surface area contributed by atoms with Gasteiger partial charge in [-0.25, -0.2) is 12.1 Å². The minimum Gasteiger partial charge on any atom is -0.748 e. The van der Waals surface area contributed by atoms with E-state index >= 15 is 0 Å². The molecular weight excluding hydrogens is 379 g/mol. The third-order valence-corrected chi connectivity index (χ3v) is 1.94. The van der Waals surface area contributed by atoms with Crippen molar-refractivity contribution in [2.45, 2.75) is 6.54 Å². The molecule has 0 saturated heterocycles. The predicted octanol–water partition coefficient (Wildman–Crippen LogP) is 3.79. The molecule has 4 heteroatoms. The zero-order valence-electron chi connectivity index (χ0n) is 11.3. The molecule has 3 N–H and O–H groups in total. The molecule has 0 aliphatic rings. The molecule has 2 aromatic carbocycles. The van der Waals surface area contributed by atoms with Crippen LogP contribution in [0.3, 0.4) is 0 Å². The minimum absolute atomic E-state index is 0. The quantitative estimate of drug-likeness (QED) is 0.352. The Morgan fingerprint density at radius 1 is 0.889 bits per heavy atom. The maximum atomic E-state index is 2.20. The van der Waals surface area contributed by atoms with Gasteiger partial charge in [-0.15, -0.1) is 29.5 Å². The molecule has 18 heavy (non-hydrogen) atoms. The van der Waals surface area contributed by atoms with Gasteiger partial charge in [0.2, 0.25) is 0 Å². The van der Waals surface area contributed by atoms with Crippen LogP contribution in [0, 0.1) is 0 Å². The van der Waals surface area contributed by atoms with Crippen LogP contribution in [0.5, 0.6) is 0 Å². The van der Waals surface area contributed by atoms with E-state index in [0.717, 1.165) is 11.0 Å². The molecule has 0 unspecified atom stereocenters. The van der Waals surface area contributed by atoms with Gasteiger partial charge in [-0.05, 0) is 0 Å². The zero-order valence-corrected chi connectivity index (χ0v) is 14.8.